The molecule has 100 valence electrons. The summed E-state index contributed by atoms with van der Waals surface area (Å²) in [6.07, 6.45) is 0. The lowest BCUT2D eigenvalue weighted by atomic mass is 10.2. The second-order valence-electron chi connectivity index (χ2n) is 4.06. The molecule has 1 aromatic carbocycles. The fraction of sp³-hybridized carbons (Fsp3) is 0.231. The lowest BCUT2D eigenvalue weighted by Crippen LogP contribution is -2.23. The molecule has 0 saturated heterocycles. The number of rotatable bonds is 3. The van der Waals surface area contributed by atoms with Crippen molar-refractivity contribution in [2.45, 2.75) is 20.4 Å². The molecule has 0 aliphatic heterocycles. The molecule has 0 fully saturated rings. The topological polar surface area (TPSA) is 55.1 Å². The third-order valence-electron chi connectivity index (χ3n) is 2.65. The number of nitrogens with one attached hydrogen (secondary N) is 1. The van der Waals surface area contributed by atoms with Gasteiger partial charge in [0.05, 0.1) is 22.8 Å². The van der Waals surface area contributed by atoms with E-state index in [1.54, 1.807) is 18.2 Å². The van der Waals surface area contributed by atoms with Crippen molar-refractivity contribution >= 4 is 33.4 Å². The minimum absolute atomic E-state index is 0.236. The van der Waals surface area contributed by atoms with Gasteiger partial charge in [0.25, 0.3) is 5.91 Å². The first-order chi connectivity index (χ1) is 8.97. The highest BCUT2D eigenvalue weighted by Crippen LogP contribution is 2.21. The van der Waals surface area contributed by atoms with E-state index in [1.165, 1.54) is 0 Å². The summed E-state index contributed by atoms with van der Waals surface area (Å²) in [6.45, 7) is 3.93. The van der Waals surface area contributed by atoms with E-state index in [0.29, 0.717) is 16.5 Å². The molecular weight excluding hydrogens is 332 g/mol. The predicted octanol–water partition coefficient (Wildman–Crippen LogP) is 3.64. The molecule has 6 heteroatoms. The molecule has 1 N–H and O–H groups in total. The maximum absolute atomic E-state index is 12.0. The summed E-state index contributed by atoms with van der Waals surface area (Å²) in [5.74, 6) is 0.980. The summed E-state index contributed by atoms with van der Waals surface area (Å²) < 4.78 is 6.21. The molecule has 1 aromatic heterocycles. The third-order valence-corrected chi connectivity index (χ3v) is 3.45. The van der Waals surface area contributed by atoms with Gasteiger partial charge >= 0.3 is 0 Å². The highest BCUT2D eigenvalue weighted by molar-refractivity contribution is 9.10. The number of nitrogens with zero attached hydrogens (tertiary/aromatic N) is 1. The van der Waals surface area contributed by atoms with Gasteiger partial charge in [-0.2, -0.15) is 0 Å². The number of carbonyl (C=O) groups is 1. The number of amides is 1. The maximum atomic E-state index is 12.0. The highest BCUT2D eigenvalue weighted by atomic mass is 79.9. The quantitative estimate of drug-likeness (QED) is 0.925. The number of aryl methyl sites for hydroxylation is 2. The molecule has 2 aromatic rings. The van der Waals surface area contributed by atoms with Gasteiger partial charge in [0, 0.05) is 4.47 Å². The number of hydrogen-bond donors (Lipinski definition) is 1. The second-order valence-corrected chi connectivity index (χ2v) is 5.38. The van der Waals surface area contributed by atoms with Gasteiger partial charge in [0.15, 0.2) is 0 Å². The largest absolute Gasteiger partial charge is 0.444 e. The van der Waals surface area contributed by atoms with Crippen LogP contribution >= 0.6 is 27.5 Å². The van der Waals surface area contributed by atoms with Crippen LogP contribution in [0.1, 0.15) is 27.7 Å². The van der Waals surface area contributed by atoms with Crippen molar-refractivity contribution in [2.75, 3.05) is 0 Å². The molecule has 1 heterocycles. The number of benzene rings is 1. The molecule has 19 heavy (non-hydrogen) atoms. The highest BCUT2D eigenvalue weighted by Gasteiger charge is 2.12. The van der Waals surface area contributed by atoms with Crippen LogP contribution in [-0.2, 0) is 6.54 Å². The van der Waals surface area contributed by atoms with Crippen LogP contribution in [-0.4, -0.2) is 10.9 Å². The molecule has 0 spiro atoms. The van der Waals surface area contributed by atoms with Crippen molar-refractivity contribution < 1.29 is 9.21 Å². The standard InChI is InChI=1S/C13H12BrClN2O2/c1-7-8(2)19-12(17-7)6-16-13(18)10-4-3-9(14)5-11(10)15/h3-5H,6H2,1-2H3,(H,16,18). The first-order valence-electron chi connectivity index (χ1n) is 5.63. The van der Waals surface area contributed by atoms with Crippen LogP contribution in [0.25, 0.3) is 0 Å². The Kier molecular flexibility index (Phi) is 4.27. The van der Waals surface area contributed by atoms with E-state index in [4.69, 9.17) is 16.0 Å². The summed E-state index contributed by atoms with van der Waals surface area (Å²) in [4.78, 5) is 16.2. The number of aromatic nitrogens is 1. The molecule has 0 atom stereocenters. The smallest absolute Gasteiger partial charge is 0.253 e. The van der Waals surface area contributed by atoms with Gasteiger partial charge < -0.3 is 9.73 Å². The van der Waals surface area contributed by atoms with E-state index in [9.17, 15) is 4.79 Å². The SMILES string of the molecule is Cc1nc(CNC(=O)c2ccc(Br)cc2Cl)oc1C. The lowest BCUT2D eigenvalue weighted by molar-refractivity contribution is 0.0947. The molecule has 0 aliphatic rings. The van der Waals surface area contributed by atoms with Crippen molar-refractivity contribution in [3.63, 3.8) is 0 Å². The summed E-state index contributed by atoms with van der Waals surface area (Å²) in [5, 5.41) is 3.12. The van der Waals surface area contributed by atoms with Gasteiger partial charge in [0.2, 0.25) is 5.89 Å². The molecule has 0 radical (unpaired) electrons. The molecule has 0 saturated carbocycles. The monoisotopic (exact) mass is 342 g/mol. The number of carbonyl (C=O) groups excluding carboxylic acids is 1. The second kappa shape index (κ2) is 5.75. The Bertz CT molecular complexity index is 606. The first kappa shape index (κ1) is 14.1. The van der Waals surface area contributed by atoms with Crippen molar-refractivity contribution in [2.24, 2.45) is 0 Å². The third kappa shape index (κ3) is 3.36. The van der Waals surface area contributed by atoms with Crippen LogP contribution in [0.15, 0.2) is 27.1 Å². The average Bonchev–Trinajstić information content (AvgIpc) is 2.66. The zero-order valence-electron chi connectivity index (χ0n) is 10.5. The Morgan fingerprint density at radius 1 is 1.47 bits per heavy atom. The number of oxazole rings is 1. The summed E-state index contributed by atoms with van der Waals surface area (Å²) in [5.41, 5.74) is 1.25. The molecule has 4 nitrogen and oxygen atoms in total. The van der Waals surface area contributed by atoms with Gasteiger partial charge in [-0.05, 0) is 32.0 Å². The van der Waals surface area contributed by atoms with E-state index in [-0.39, 0.29) is 12.5 Å². The van der Waals surface area contributed by atoms with Crippen molar-refractivity contribution in [3.05, 3.63) is 50.6 Å². The summed E-state index contributed by atoms with van der Waals surface area (Å²) >= 11 is 9.30. The first-order valence-corrected chi connectivity index (χ1v) is 6.80. The number of hydrogen-bond acceptors (Lipinski definition) is 3. The van der Waals surface area contributed by atoms with Gasteiger partial charge in [-0.15, -0.1) is 0 Å². The maximum Gasteiger partial charge on any atom is 0.253 e. The van der Waals surface area contributed by atoms with Crippen LogP contribution < -0.4 is 5.32 Å². The minimum Gasteiger partial charge on any atom is -0.444 e. The number of halogens is 2. The Morgan fingerprint density at radius 2 is 2.21 bits per heavy atom. The minimum atomic E-state index is -0.258. The van der Waals surface area contributed by atoms with Crippen LogP contribution in [0.5, 0.6) is 0 Å². The van der Waals surface area contributed by atoms with Crippen molar-refractivity contribution in [1.82, 2.24) is 10.3 Å². The lowest BCUT2D eigenvalue weighted by Gasteiger charge is -2.05. The van der Waals surface area contributed by atoms with E-state index in [2.05, 4.69) is 26.2 Å². The van der Waals surface area contributed by atoms with Crippen LogP contribution in [0.3, 0.4) is 0 Å². The van der Waals surface area contributed by atoms with E-state index >= 15 is 0 Å². The van der Waals surface area contributed by atoms with Crippen LogP contribution in [0.2, 0.25) is 5.02 Å². The molecule has 1 amide bonds. The Labute approximate surface area is 124 Å². The Balaban J connectivity index is 2.05. The predicted molar refractivity (Wildman–Crippen MR) is 76.3 cm³/mol. The van der Waals surface area contributed by atoms with Gasteiger partial charge in [-0.1, -0.05) is 27.5 Å². The summed E-state index contributed by atoms with van der Waals surface area (Å²) in [6, 6.07) is 5.10. The normalized spacial score (nSPS) is 10.5. The van der Waals surface area contributed by atoms with Crippen LogP contribution in [0, 0.1) is 13.8 Å². The van der Waals surface area contributed by atoms with Crippen molar-refractivity contribution in [1.29, 1.82) is 0 Å². The van der Waals surface area contributed by atoms with E-state index in [1.807, 2.05) is 13.8 Å². The zero-order valence-corrected chi connectivity index (χ0v) is 12.8. The van der Waals surface area contributed by atoms with E-state index in [0.717, 1.165) is 15.9 Å². The van der Waals surface area contributed by atoms with Crippen LogP contribution in [0.4, 0.5) is 0 Å². The fourth-order valence-electron chi connectivity index (χ4n) is 1.54. The van der Waals surface area contributed by atoms with Gasteiger partial charge in [0.1, 0.15) is 5.76 Å². The Hall–Kier alpha value is -1.33. The fourth-order valence-corrected chi connectivity index (χ4v) is 2.30. The molecule has 0 bridgehead atoms. The van der Waals surface area contributed by atoms with Crippen molar-refractivity contribution in [3.8, 4) is 0 Å². The average molecular weight is 344 g/mol. The molecular formula is C13H12BrClN2O2. The van der Waals surface area contributed by atoms with Gasteiger partial charge in [-0.3, -0.25) is 4.79 Å². The molecule has 0 aliphatic carbocycles. The zero-order chi connectivity index (χ0) is 14.0. The van der Waals surface area contributed by atoms with Gasteiger partial charge in [-0.25, -0.2) is 4.98 Å². The molecule has 0 unspecified atom stereocenters. The summed E-state index contributed by atoms with van der Waals surface area (Å²) in [7, 11) is 0. The molecule has 2 rings (SSSR count). The van der Waals surface area contributed by atoms with E-state index < -0.39 is 0 Å². The Morgan fingerprint density at radius 3 is 2.79 bits per heavy atom.